The van der Waals surface area contributed by atoms with Gasteiger partial charge in [-0.1, -0.05) is 20.3 Å². The van der Waals surface area contributed by atoms with Crippen molar-refractivity contribution in [2.45, 2.75) is 46.1 Å². The number of amides is 1. The maximum atomic E-state index is 10.6. The van der Waals surface area contributed by atoms with Crippen LogP contribution in [0.2, 0.25) is 0 Å². The molecule has 0 heterocycles. The molecule has 4 nitrogen and oxygen atoms in total. The van der Waals surface area contributed by atoms with Crippen molar-refractivity contribution < 1.29 is 4.79 Å². The predicted molar refractivity (Wildman–Crippen MR) is 68.5 cm³/mol. The molecule has 3 N–H and O–H groups in total. The molecule has 0 saturated heterocycles. The smallest absolute Gasteiger partial charge is 0.216 e. The summed E-state index contributed by atoms with van der Waals surface area (Å²) in [6.07, 6.45) is 3.43. The zero-order valence-electron chi connectivity index (χ0n) is 10.9. The molecule has 4 heteroatoms. The minimum Gasteiger partial charge on any atom is -0.356 e. The van der Waals surface area contributed by atoms with Crippen LogP contribution in [0.4, 0.5) is 0 Å². The minimum atomic E-state index is 0.0675. The Kier molecular flexibility index (Phi) is 10.5. The summed E-state index contributed by atoms with van der Waals surface area (Å²) in [7, 11) is 0. The van der Waals surface area contributed by atoms with Crippen molar-refractivity contribution in [1.82, 2.24) is 16.0 Å². The molecule has 0 aliphatic rings. The Morgan fingerprint density at radius 3 is 2.31 bits per heavy atom. The van der Waals surface area contributed by atoms with Crippen molar-refractivity contribution in [3.8, 4) is 0 Å². The summed E-state index contributed by atoms with van der Waals surface area (Å²) in [5, 5.41) is 9.55. The van der Waals surface area contributed by atoms with Crippen molar-refractivity contribution in [3.63, 3.8) is 0 Å². The van der Waals surface area contributed by atoms with Gasteiger partial charge in [0.1, 0.15) is 0 Å². The number of carbonyl (C=O) groups excluding carboxylic acids is 1. The fourth-order valence-electron chi connectivity index (χ4n) is 1.39. The Morgan fingerprint density at radius 2 is 1.69 bits per heavy atom. The Morgan fingerprint density at radius 1 is 1.00 bits per heavy atom. The topological polar surface area (TPSA) is 53.2 Å². The Labute approximate surface area is 99.6 Å². The Balaban J connectivity index is 2.96. The molecule has 0 saturated carbocycles. The third-order valence-electron chi connectivity index (χ3n) is 2.26. The van der Waals surface area contributed by atoms with E-state index in [1.807, 2.05) is 0 Å². The number of unbranched alkanes of at least 4 members (excludes halogenated alkanes) is 2. The van der Waals surface area contributed by atoms with E-state index in [1.54, 1.807) is 6.92 Å². The molecule has 16 heavy (non-hydrogen) atoms. The van der Waals surface area contributed by atoms with Gasteiger partial charge in [-0.3, -0.25) is 4.79 Å². The highest BCUT2D eigenvalue weighted by molar-refractivity contribution is 5.72. The van der Waals surface area contributed by atoms with Gasteiger partial charge in [-0.25, -0.2) is 0 Å². The second-order valence-electron chi connectivity index (χ2n) is 4.40. The van der Waals surface area contributed by atoms with E-state index in [2.05, 4.69) is 29.8 Å². The maximum Gasteiger partial charge on any atom is 0.216 e. The van der Waals surface area contributed by atoms with E-state index >= 15 is 0 Å². The SMILES string of the molecule is CC(=O)NCCCCCNCCNC(C)C. The van der Waals surface area contributed by atoms with E-state index < -0.39 is 0 Å². The molecular formula is C12H27N3O. The molecule has 0 unspecified atom stereocenters. The standard InChI is InChI=1S/C12H27N3O/c1-11(2)14-10-9-13-7-5-4-6-8-15-12(3)16/h11,13-14H,4-10H2,1-3H3,(H,15,16). The van der Waals surface area contributed by atoms with Gasteiger partial charge in [-0.05, 0) is 19.4 Å². The monoisotopic (exact) mass is 229 g/mol. The van der Waals surface area contributed by atoms with Crippen molar-refractivity contribution in [1.29, 1.82) is 0 Å². The molecule has 0 aromatic carbocycles. The zero-order chi connectivity index (χ0) is 12.2. The first-order chi connectivity index (χ1) is 7.63. The lowest BCUT2D eigenvalue weighted by Crippen LogP contribution is -2.32. The van der Waals surface area contributed by atoms with Crippen LogP contribution in [-0.2, 0) is 4.79 Å². The summed E-state index contributed by atoms with van der Waals surface area (Å²) in [5.41, 5.74) is 0. The summed E-state index contributed by atoms with van der Waals surface area (Å²) in [5.74, 6) is 0.0675. The van der Waals surface area contributed by atoms with E-state index in [-0.39, 0.29) is 5.91 Å². The van der Waals surface area contributed by atoms with Crippen molar-refractivity contribution in [3.05, 3.63) is 0 Å². The first kappa shape index (κ1) is 15.4. The number of carbonyl (C=O) groups is 1. The quantitative estimate of drug-likeness (QED) is 0.487. The summed E-state index contributed by atoms with van der Waals surface area (Å²) >= 11 is 0. The van der Waals surface area contributed by atoms with E-state index in [0.717, 1.165) is 32.6 Å². The number of nitrogens with one attached hydrogen (secondary N) is 3. The first-order valence-electron chi connectivity index (χ1n) is 6.31. The van der Waals surface area contributed by atoms with Gasteiger partial charge in [0.15, 0.2) is 0 Å². The third-order valence-corrected chi connectivity index (χ3v) is 2.26. The molecule has 0 spiro atoms. The summed E-state index contributed by atoms with van der Waals surface area (Å²) in [4.78, 5) is 10.6. The molecule has 0 radical (unpaired) electrons. The van der Waals surface area contributed by atoms with Crippen LogP contribution in [0.25, 0.3) is 0 Å². The van der Waals surface area contributed by atoms with Crippen LogP contribution in [-0.4, -0.2) is 38.1 Å². The van der Waals surface area contributed by atoms with Crippen molar-refractivity contribution in [2.75, 3.05) is 26.2 Å². The molecule has 0 bridgehead atoms. The van der Waals surface area contributed by atoms with Crippen LogP contribution < -0.4 is 16.0 Å². The average molecular weight is 229 g/mol. The average Bonchev–Trinajstić information content (AvgIpc) is 2.20. The minimum absolute atomic E-state index is 0.0675. The molecular weight excluding hydrogens is 202 g/mol. The van der Waals surface area contributed by atoms with Crippen LogP contribution in [0.5, 0.6) is 0 Å². The van der Waals surface area contributed by atoms with Gasteiger partial charge in [-0.2, -0.15) is 0 Å². The van der Waals surface area contributed by atoms with Gasteiger partial charge in [0.25, 0.3) is 0 Å². The predicted octanol–water partition coefficient (Wildman–Crippen LogP) is 0.880. The third kappa shape index (κ3) is 13.4. The van der Waals surface area contributed by atoms with Crippen LogP contribution in [0.15, 0.2) is 0 Å². The Hall–Kier alpha value is -0.610. The maximum absolute atomic E-state index is 10.6. The molecule has 0 aliphatic carbocycles. The lowest BCUT2D eigenvalue weighted by molar-refractivity contribution is -0.118. The highest BCUT2D eigenvalue weighted by atomic mass is 16.1. The molecule has 96 valence electrons. The van der Waals surface area contributed by atoms with Crippen LogP contribution >= 0.6 is 0 Å². The van der Waals surface area contributed by atoms with Gasteiger partial charge in [0, 0.05) is 32.6 Å². The normalized spacial score (nSPS) is 10.8. The van der Waals surface area contributed by atoms with E-state index in [9.17, 15) is 4.79 Å². The summed E-state index contributed by atoms with van der Waals surface area (Å²) in [6.45, 7) is 9.81. The van der Waals surface area contributed by atoms with Crippen LogP contribution in [0.1, 0.15) is 40.0 Å². The Bertz CT molecular complexity index is 172. The fourth-order valence-corrected chi connectivity index (χ4v) is 1.39. The van der Waals surface area contributed by atoms with Gasteiger partial charge in [-0.15, -0.1) is 0 Å². The van der Waals surface area contributed by atoms with E-state index in [4.69, 9.17) is 0 Å². The van der Waals surface area contributed by atoms with Gasteiger partial charge in [0.05, 0.1) is 0 Å². The summed E-state index contributed by atoms with van der Waals surface area (Å²) < 4.78 is 0. The highest BCUT2D eigenvalue weighted by Crippen LogP contribution is 1.91. The van der Waals surface area contributed by atoms with Gasteiger partial charge >= 0.3 is 0 Å². The van der Waals surface area contributed by atoms with Gasteiger partial charge < -0.3 is 16.0 Å². The molecule has 1 amide bonds. The molecule has 0 atom stereocenters. The zero-order valence-corrected chi connectivity index (χ0v) is 10.9. The number of rotatable bonds is 10. The van der Waals surface area contributed by atoms with Crippen LogP contribution in [0.3, 0.4) is 0 Å². The van der Waals surface area contributed by atoms with E-state index in [0.29, 0.717) is 6.04 Å². The molecule has 0 rings (SSSR count). The lowest BCUT2D eigenvalue weighted by atomic mass is 10.2. The summed E-state index contributed by atoms with van der Waals surface area (Å²) in [6, 6.07) is 0.569. The molecule has 0 aliphatic heterocycles. The van der Waals surface area contributed by atoms with E-state index in [1.165, 1.54) is 12.8 Å². The fraction of sp³-hybridized carbons (Fsp3) is 0.917. The second kappa shape index (κ2) is 10.9. The number of hydrogen-bond acceptors (Lipinski definition) is 3. The lowest BCUT2D eigenvalue weighted by Gasteiger charge is -2.08. The number of hydrogen-bond donors (Lipinski definition) is 3. The molecule has 0 fully saturated rings. The highest BCUT2D eigenvalue weighted by Gasteiger charge is 1.93. The van der Waals surface area contributed by atoms with Crippen LogP contribution in [0, 0.1) is 0 Å². The second-order valence-corrected chi connectivity index (χ2v) is 4.40. The largest absolute Gasteiger partial charge is 0.356 e. The molecule has 0 aromatic heterocycles. The first-order valence-corrected chi connectivity index (χ1v) is 6.31. The molecule has 0 aromatic rings. The van der Waals surface area contributed by atoms with Crippen molar-refractivity contribution >= 4 is 5.91 Å². The van der Waals surface area contributed by atoms with Gasteiger partial charge in [0.2, 0.25) is 5.91 Å². The van der Waals surface area contributed by atoms with Crippen molar-refractivity contribution in [2.24, 2.45) is 0 Å².